The molecular weight excluding hydrogens is 401 g/mol. The predicted molar refractivity (Wildman–Crippen MR) is 109 cm³/mol. The molecule has 0 amide bonds. The Kier molecular flexibility index (Phi) is 5.37. The summed E-state index contributed by atoms with van der Waals surface area (Å²) in [5.41, 5.74) is 1.68. The number of thiophene rings is 1. The molecule has 0 spiro atoms. The SMILES string of the molecule is FC(F)(F)c1ccccc1CNC1=C(c2cccs2)NC(c2ccccc2)S1. The van der Waals surface area contributed by atoms with Crippen molar-refractivity contribution in [2.75, 3.05) is 0 Å². The Hall–Kier alpha value is -2.38. The molecule has 144 valence electrons. The molecule has 3 aromatic rings. The van der Waals surface area contributed by atoms with Crippen molar-refractivity contribution in [3.05, 3.63) is 98.7 Å². The van der Waals surface area contributed by atoms with E-state index >= 15 is 0 Å². The molecule has 7 heteroatoms. The number of hydrogen-bond donors (Lipinski definition) is 2. The Bertz CT molecular complexity index is 967. The van der Waals surface area contributed by atoms with Crippen molar-refractivity contribution in [2.45, 2.75) is 18.1 Å². The Balaban J connectivity index is 1.59. The lowest BCUT2D eigenvalue weighted by Gasteiger charge is -2.14. The Morgan fingerprint density at radius 2 is 1.68 bits per heavy atom. The van der Waals surface area contributed by atoms with Crippen LogP contribution in [0.2, 0.25) is 0 Å². The van der Waals surface area contributed by atoms with E-state index < -0.39 is 11.7 Å². The zero-order valence-electron chi connectivity index (χ0n) is 14.7. The number of hydrogen-bond acceptors (Lipinski definition) is 4. The van der Waals surface area contributed by atoms with Gasteiger partial charge in [0.25, 0.3) is 0 Å². The first-order chi connectivity index (χ1) is 13.5. The minimum Gasteiger partial charge on any atom is -0.374 e. The van der Waals surface area contributed by atoms with Gasteiger partial charge in [0, 0.05) is 6.54 Å². The summed E-state index contributed by atoms with van der Waals surface area (Å²) in [5.74, 6) is 0. The Morgan fingerprint density at radius 3 is 2.39 bits per heavy atom. The molecule has 2 aromatic carbocycles. The van der Waals surface area contributed by atoms with Gasteiger partial charge in [-0.1, -0.05) is 66.4 Å². The predicted octanol–water partition coefficient (Wildman–Crippen LogP) is 6.22. The average Bonchev–Trinajstić information content (AvgIpc) is 3.36. The number of halogens is 3. The standard InChI is InChI=1S/C21H17F3N2S2/c22-21(23,24)16-10-5-4-9-15(16)13-25-20-18(17-11-6-12-27-17)26-19(28-20)14-7-2-1-3-8-14/h1-12,19,25-26H,13H2. The zero-order valence-corrected chi connectivity index (χ0v) is 16.3. The summed E-state index contributed by atoms with van der Waals surface area (Å²) in [4.78, 5) is 1.05. The molecule has 1 aliphatic heterocycles. The Morgan fingerprint density at radius 1 is 0.929 bits per heavy atom. The summed E-state index contributed by atoms with van der Waals surface area (Å²) in [6, 6.07) is 19.7. The van der Waals surface area contributed by atoms with E-state index in [9.17, 15) is 13.2 Å². The van der Waals surface area contributed by atoms with Crippen LogP contribution in [0.25, 0.3) is 5.70 Å². The summed E-state index contributed by atoms with van der Waals surface area (Å²) in [6.07, 6.45) is -4.36. The lowest BCUT2D eigenvalue weighted by Crippen LogP contribution is -2.16. The second kappa shape index (κ2) is 7.93. The molecule has 0 radical (unpaired) electrons. The summed E-state index contributed by atoms with van der Waals surface area (Å²) in [7, 11) is 0. The Labute approximate surface area is 169 Å². The first-order valence-corrected chi connectivity index (χ1v) is 10.4. The van der Waals surface area contributed by atoms with Gasteiger partial charge in [-0.2, -0.15) is 13.2 Å². The first kappa shape index (κ1) is 19.0. The maximum atomic E-state index is 13.3. The minimum absolute atomic E-state index is 0.0126. The van der Waals surface area contributed by atoms with Crippen molar-refractivity contribution in [3.8, 4) is 0 Å². The van der Waals surface area contributed by atoms with Crippen LogP contribution in [0.3, 0.4) is 0 Å². The van der Waals surface area contributed by atoms with E-state index in [1.807, 2.05) is 47.8 Å². The van der Waals surface area contributed by atoms with Crippen LogP contribution >= 0.6 is 23.1 Å². The van der Waals surface area contributed by atoms with E-state index in [4.69, 9.17) is 0 Å². The van der Waals surface area contributed by atoms with Crippen LogP contribution in [0.15, 0.2) is 77.1 Å². The molecule has 1 aliphatic rings. The quantitative estimate of drug-likeness (QED) is 0.514. The maximum absolute atomic E-state index is 13.3. The fourth-order valence-electron chi connectivity index (χ4n) is 3.04. The molecule has 0 fully saturated rings. The highest BCUT2D eigenvalue weighted by atomic mass is 32.2. The van der Waals surface area contributed by atoms with Gasteiger partial charge in [-0.3, -0.25) is 0 Å². The molecular formula is C21H17F3N2S2. The van der Waals surface area contributed by atoms with Crippen LogP contribution in [-0.2, 0) is 12.7 Å². The van der Waals surface area contributed by atoms with Gasteiger partial charge in [0.15, 0.2) is 0 Å². The second-order valence-corrected chi connectivity index (χ2v) is 8.31. The molecule has 1 atom stereocenters. The van der Waals surface area contributed by atoms with Crippen molar-refractivity contribution in [2.24, 2.45) is 0 Å². The molecule has 0 saturated carbocycles. The van der Waals surface area contributed by atoms with Crippen molar-refractivity contribution < 1.29 is 13.2 Å². The van der Waals surface area contributed by atoms with Gasteiger partial charge in [-0.15, -0.1) is 11.3 Å². The molecule has 2 N–H and O–H groups in total. The zero-order chi connectivity index (χ0) is 19.6. The molecule has 0 saturated heterocycles. The fraction of sp³-hybridized carbons (Fsp3) is 0.143. The molecule has 1 aromatic heterocycles. The lowest BCUT2D eigenvalue weighted by molar-refractivity contribution is -0.138. The van der Waals surface area contributed by atoms with Crippen LogP contribution in [0.4, 0.5) is 13.2 Å². The van der Waals surface area contributed by atoms with Crippen molar-refractivity contribution in [3.63, 3.8) is 0 Å². The largest absolute Gasteiger partial charge is 0.416 e. The van der Waals surface area contributed by atoms with Crippen LogP contribution in [0, 0.1) is 0 Å². The molecule has 4 rings (SSSR count). The number of nitrogens with one attached hydrogen (secondary N) is 2. The van der Waals surface area contributed by atoms with E-state index in [2.05, 4.69) is 10.6 Å². The number of thioether (sulfide) groups is 1. The third kappa shape index (κ3) is 4.05. The summed E-state index contributed by atoms with van der Waals surface area (Å²) >= 11 is 3.18. The van der Waals surface area contributed by atoms with Gasteiger partial charge in [0.1, 0.15) is 5.37 Å². The van der Waals surface area contributed by atoms with Crippen LogP contribution < -0.4 is 10.6 Å². The van der Waals surface area contributed by atoms with Gasteiger partial charge in [0.05, 0.1) is 21.2 Å². The van der Waals surface area contributed by atoms with Crippen LogP contribution in [-0.4, -0.2) is 0 Å². The third-order valence-electron chi connectivity index (χ3n) is 4.37. The van der Waals surface area contributed by atoms with Gasteiger partial charge in [-0.25, -0.2) is 0 Å². The monoisotopic (exact) mass is 418 g/mol. The van der Waals surface area contributed by atoms with Gasteiger partial charge in [0.2, 0.25) is 0 Å². The third-order valence-corrected chi connectivity index (χ3v) is 6.47. The van der Waals surface area contributed by atoms with Gasteiger partial charge >= 0.3 is 6.18 Å². The van der Waals surface area contributed by atoms with Gasteiger partial charge in [-0.05, 0) is 28.6 Å². The van der Waals surface area contributed by atoms with E-state index in [0.29, 0.717) is 0 Å². The molecule has 2 nitrogen and oxygen atoms in total. The summed E-state index contributed by atoms with van der Waals surface area (Å²) in [5, 5.41) is 9.60. The average molecular weight is 419 g/mol. The molecule has 0 bridgehead atoms. The van der Waals surface area contributed by atoms with E-state index in [1.54, 1.807) is 29.2 Å². The van der Waals surface area contributed by atoms with Crippen molar-refractivity contribution in [1.29, 1.82) is 0 Å². The number of benzene rings is 2. The van der Waals surface area contributed by atoms with E-state index in [1.165, 1.54) is 12.1 Å². The van der Waals surface area contributed by atoms with Crippen molar-refractivity contribution >= 4 is 28.8 Å². The van der Waals surface area contributed by atoms with E-state index in [-0.39, 0.29) is 17.5 Å². The smallest absolute Gasteiger partial charge is 0.374 e. The molecule has 2 heterocycles. The normalized spacial score (nSPS) is 16.9. The highest BCUT2D eigenvalue weighted by Crippen LogP contribution is 2.43. The summed E-state index contributed by atoms with van der Waals surface area (Å²) in [6.45, 7) is 0.107. The first-order valence-electron chi connectivity index (χ1n) is 8.67. The highest BCUT2D eigenvalue weighted by Gasteiger charge is 2.33. The highest BCUT2D eigenvalue weighted by molar-refractivity contribution is 8.03. The molecule has 28 heavy (non-hydrogen) atoms. The molecule has 0 aliphatic carbocycles. The summed E-state index contributed by atoms with van der Waals surface area (Å²) < 4.78 is 39.8. The van der Waals surface area contributed by atoms with Crippen LogP contribution in [0.5, 0.6) is 0 Å². The topological polar surface area (TPSA) is 24.1 Å². The fourth-order valence-corrected chi connectivity index (χ4v) is 4.99. The molecule has 1 unspecified atom stereocenters. The van der Waals surface area contributed by atoms with E-state index in [0.717, 1.165) is 27.2 Å². The van der Waals surface area contributed by atoms with Gasteiger partial charge < -0.3 is 10.6 Å². The number of alkyl halides is 3. The number of rotatable bonds is 5. The second-order valence-electron chi connectivity index (χ2n) is 6.24. The maximum Gasteiger partial charge on any atom is 0.416 e. The van der Waals surface area contributed by atoms with Crippen molar-refractivity contribution in [1.82, 2.24) is 10.6 Å². The lowest BCUT2D eigenvalue weighted by atomic mass is 10.1. The van der Waals surface area contributed by atoms with Crippen LogP contribution in [0.1, 0.15) is 26.9 Å². The minimum atomic E-state index is -4.36.